The highest BCUT2D eigenvalue weighted by atomic mass is 16.5. The highest BCUT2D eigenvalue weighted by Crippen LogP contribution is 2.29. The molecule has 1 amide bonds. The van der Waals surface area contributed by atoms with Crippen LogP contribution in [0.1, 0.15) is 26.2 Å². The predicted octanol–water partition coefficient (Wildman–Crippen LogP) is 0.610. The van der Waals surface area contributed by atoms with E-state index in [1.54, 1.807) is 0 Å². The summed E-state index contributed by atoms with van der Waals surface area (Å²) >= 11 is 0. The Morgan fingerprint density at radius 1 is 1.53 bits per heavy atom. The quantitative estimate of drug-likeness (QED) is 0.602. The summed E-state index contributed by atoms with van der Waals surface area (Å²) in [6.07, 6.45) is 3.56. The van der Waals surface area contributed by atoms with Gasteiger partial charge in [-0.25, -0.2) is 0 Å². The molecule has 0 spiro atoms. The molecule has 0 aromatic heterocycles. The van der Waals surface area contributed by atoms with Gasteiger partial charge in [-0.1, -0.05) is 6.92 Å². The zero-order valence-electron chi connectivity index (χ0n) is 9.58. The summed E-state index contributed by atoms with van der Waals surface area (Å²) < 4.78 is 5.16. The van der Waals surface area contributed by atoms with E-state index >= 15 is 0 Å². The Hall–Kier alpha value is -0.610. The van der Waals surface area contributed by atoms with Crippen LogP contribution in [0.5, 0.6) is 0 Å². The molecule has 0 saturated heterocycles. The maximum absolute atomic E-state index is 11.7. The van der Waals surface area contributed by atoms with Crippen molar-refractivity contribution < 1.29 is 9.53 Å². The van der Waals surface area contributed by atoms with Crippen molar-refractivity contribution in [3.05, 3.63) is 0 Å². The van der Waals surface area contributed by atoms with Crippen molar-refractivity contribution in [2.45, 2.75) is 26.2 Å². The van der Waals surface area contributed by atoms with Crippen LogP contribution in [0.2, 0.25) is 0 Å². The van der Waals surface area contributed by atoms with Crippen LogP contribution in [0.4, 0.5) is 0 Å². The number of nitrogens with zero attached hydrogens (tertiary/aromatic N) is 1. The molecule has 4 heteroatoms. The molecule has 1 aliphatic rings. The molecule has 1 saturated carbocycles. The molecule has 0 unspecified atom stereocenters. The minimum absolute atomic E-state index is 0.109. The second-order valence-electron chi connectivity index (χ2n) is 4.12. The van der Waals surface area contributed by atoms with E-state index in [2.05, 4.69) is 6.92 Å². The molecule has 1 rings (SSSR count). The van der Waals surface area contributed by atoms with E-state index in [4.69, 9.17) is 10.5 Å². The van der Waals surface area contributed by atoms with Gasteiger partial charge >= 0.3 is 0 Å². The van der Waals surface area contributed by atoms with Gasteiger partial charge < -0.3 is 15.4 Å². The van der Waals surface area contributed by atoms with Crippen LogP contribution in [-0.4, -0.2) is 43.7 Å². The summed E-state index contributed by atoms with van der Waals surface area (Å²) in [5.74, 6) is 0.854. The van der Waals surface area contributed by atoms with Gasteiger partial charge in [0.05, 0.1) is 6.61 Å². The van der Waals surface area contributed by atoms with Crippen molar-refractivity contribution in [1.29, 1.82) is 0 Å². The maximum atomic E-state index is 11.7. The molecule has 0 heterocycles. The summed E-state index contributed by atoms with van der Waals surface area (Å²) in [5, 5.41) is 0. The van der Waals surface area contributed by atoms with Crippen LogP contribution < -0.4 is 5.73 Å². The Bertz CT molecular complexity index is 193. The summed E-state index contributed by atoms with van der Waals surface area (Å²) in [6, 6.07) is 0. The van der Waals surface area contributed by atoms with Gasteiger partial charge in [0.15, 0.2) is 0 Å². The van der Waals surface area contributed by atoms with Crippen LogP contribution in [0.3, 0.4) is 0 Å². The van der Waals surface area contributed by atoms with Crippen LogP contribution in [0.15, 0.2) is 0 Å². The highest BCUT2D eigenvalue weighted by Gasteiger charge is 2.26. The third-order valence-electron chi connectivity index (χ3n) is 2.51. The Kier molecular flexibility index (Phi) is 5.65. The van der Waals surface area contributed by atoms with E-state index in [0.29, 0.717) is 13.2 Å². The fraction of sp³-hybridized carbons (Fsp3) is 0.909. The molecule has 15 heavy (non-hydrogen) atoms. The van der Waals surface area contributed by atoms with Gasteiger partial charge in [-0.2, -0.15) is 0 Å². The molecule has 0 bridgehead atoms. The zero-order chi connectivity index (χ0) is 11.1. The van der Waals surface area contributed by atoms with Crippen molar-refractivity contribution in [2.24, 2.45) is 11.7 Å². The number of ether oxygens (including phenoxy) is 1. The van der Waals surface area contributed by atoms with E-state index < -0.39 is 0 Å². The SMILES string of the molecule is CCCN(CC1CC1)C(=O)COCCN. The molecule has 0 aromatic rings. The van der Waals surface area contributed by atoms with Crippen LogP contribution in [-0.2, 0) is 9.53 Å². The lowest BCUT2D eigenvalue weighted by atomic mass is 10.3. The molecule has 2 N–H and O–H groups in total. The van der Waals surface area contributed by atoms with Crippen LogP contribution >= 0.6 is 0 Å². The van der Waals surface area contributed by atoms with Gasteiger partial charge in [0, 0.05) is 19.6 Å². The highest BCUT2D eigenvalue weighted by molar-refractivity contribution is 5.77. The fourth-order valence-corrected chi connectivity index (χ4v) is 1.53. The second kappa shape index (κ2) is 6.80. The summed E-state index contributed by atoms with van der Waals surface area (Å²) in [7, 11) is 0. The minimum atomic E-state index is 0.109. The topological polar surface area (TPSA) is 55.6 Å². The van der Waals surface area contributed by atoms with Crippen molar-refractivity contribution >= 4 is 5.91 Å². The summed E-state index contributed by atoms with van der Waals surface area (Å²) in [4.78, 5) is 13.7. The Morgan fingerprint density at radius 2 is 2.27 bits per heavy atom. The van der Waals surface area contributed by atoms with Crippen molar-refractivity contribution in [2.75, 3.05) is 32.8 Å². The van der Waals surface area contributed by atoms with Gasteiger partial charge in [-0.3, -0.25) is 4.79 Å². The molecule has 1 aliphatic carbocycles. The molecular formula is C11H22N2O2. The lowest BCUT2D eigenvalue weighted by Gasteiger charge is -2.21. The van der Waals surface area contributed by atoms with Gasteiger partial charge in [0.1, 0.15) is 6.61 Å². The second-order valence-corrected chi connectivity index (χ2v) is 4.12. The fourth-order valence-electron chi connectivity index (χ4n) is 1.53. The minimum Gasteiger partial charge on any atom is -0.370 e. The number of amides is 1. The number of nitrogens with two attached hydrogens (primary N) is 1. The molecule has 0 atom stereocenters. The van der Waals surface area contributed by atoms with Gasteiger partial charge in [-0.05, 0) is 25.2 Å². The van der Waals surface area contributed by atoms with E-state index in [1.165, 1.54) is 12.8 Å². The molecule has 1 fully saturated rings. The smallest absolute Gasteiger partial charge is 0.248 e. The Morgan fingerprint density at radius 3 is 2.80 bits per heavy atom. The first-order valence-electron chi connectivity index (χ1n) is 5.83. The average Bonchev–Trinajstić information content (AvgIpc) is 3.01. The lowest BCUT2D eigenvalue weighted by molar-refractivity contribution is -0.136. The number of hydrogen-bond acceptors (Lipinski definition) is 3. The number of carbonyl (C=O) groups is 1. The van der Waals surface area contributed by atoms with Gasteiger partial charge in [-0.15, -0.1) is 0 Å². The van der Waals surface area contributed by atoms with Crippen LogP contribution in [0, 0.1) is 5.92 Å². The van der Waals surface area contributed by atoms with E-state index in [1.807, 2.05) is 4.90 Å². The molecule has 0 radical (unpaired) electrons. The van der Waals surface area contributed by atoms with Crippen molar-refractivity contribution in [3.8, 4) is 0 Å². The average molecular weight is 214 g/mol. The first-order chi connectivity index (χ1) is 7.27. The van der Waals surface area contributed by atoms with E-state index in [-0.39, 0.29) is 12.5 Å². The first kappa shape index (κ1) is 12.5. The van der Waals surface area contributed by atoms with E-state index in [9.17, 15) is 4.79 Å². The first-order valence-corrected chi connectivity index (χ1v) is 5.83. The predicted molar refractivity (Wildman–Crippen MR) is 59.5 cm³/mol. The number of hydrogen-bond donors (Lipinski definition) is 1. The molecule has 88 valence electrons. The molecule has 0 aromatic carbocycles. The summed E-state index contributed by atoms with van der Waals surface area (Å²) in [5.41, 5.74) is 5.29. The van der Waals surface area contributed by atoms with Crippen LogP contribution in [0.25, 0.3) is 0 Å². The largest absolute Gasteiger partial charge is 0.370 e. The van der Waals surface area contributed by atoms with Gasteiger partial charge in [0.25, 0.3) is 0 Å². The monoisotopic (exact) mass is 214 g/mol. The number of carbonyl (C=O) groups excluding carboxylic acids is 1. The van der Waals surface area contributed by atoms with E-state index in [0.717, 1.165) is 25.4 Å². The zero-order valence-corrected chi connectivity index (χ0v) is 9.58. The number of rotatable bonds is 8. The van der Waals surface area contributed by atoms with Gasteiger partial charge in [0.2, 0.25) is 5.91 Å². The van der Waals surface area contributed by atoms with Crippen molar-refractivity contribution in [3.63, 3.8) is 0 Å². The Balaban J connectivity index is 2.22. The van der Waals surface area contributed by atoms with Crippen molar-refractivity contribution in [1.82, 2.24) is 4.90 Å². The molecule has 0 aliphatic heterocycles. The standard InChI is InChI=1S/C11H22N2O2/c1-2-6-13(8-10-3-4-10)11(14)9-15-7-5-12/h10H,2-9,12H2,1H3. The molecular weight excluding hydrogens is 192 g/mol. The molecule has 4 nitrogen and oxygen atoms in total. The third kappa shape index (κ3) is 5.14. The lowest BCUT2D eigenvalue weighted by Crippen LogP contribution is -2.36. The summed E-state index contributed by atoms with van der Waals surface area (Å²) in [6.45, 7) is 4.98. The maximum Gasteiger partial charge on any atom is 0.248 e. The normalized spacial score (nSPS) is 15.3. The Labute approximate surface area is 91.8 Å². The third-order valence-corrected chi connectivity index (χ3v) is 2.51.